The molecule has 0 bridgehead atoms. The third-order valence-electron chi connectivity index (χ3n) is 5.57. The van der Waals surface area contributed by atoms with E-state index in [1.807, 2.05) is 30.3 Å². The highest BCUT2D eigenvalue weighted by atomic mass is 32.2. The topological polar surface area (TPSA) is 110 Å². The minimum atomic E-state index is -4.14. The van der Waals surface area contributed by atoms with Gasteiger partial charge in [-0.15, -0.1) is 0 Å². The molecule has 34 heavy (non-hydrogen) atoms. The standard InChI is InChI=1S/C24H17N3O5S2/c1-26(16-12-15-6-5-9-20-23(15)19(13-16)24(28)25-20)34(31,32)18-10-11-22(21(14-18)27(29)30)33-17-7-3-2-4-8-17/h2-14H,1H3,(H,25,28). The first-order valence-electron chi connectivity index (χ1n) is 10.1. The van der Waals surface area contributed by atoms with Crippen LogP contribution in [0.4, 0.5) is 17.1 Å². The number of nitrogens with zero attached hydrogens (tertiary/aromatic N) is 2. The fraction of sp³-hybridized carbons (Fsp3) is 0.0417. The number of sulfonamides is 1. The zero-order valence-corrected chi connectivity index (χ0v) is 19.4. The molecule has 1 aliphatic heterocycles. The van der Waals surface area contributed by atoms with Crippen molar-refractivity contribution in [3.8, 4) is 0 Å². The van der Waals surface area contributed by atoms with Gasteiger partial charge < -0.3 is 5.32 Å². The molecule has 1 N–H and O–H groups in total. The van der Waals surface area contributed by atoms with Crippen LogP contribution < -0.4 is 9.62 Å². The van der Waals surface area contributed by atoms with Crippen LogP contribution in [0, 0.1) is 10.1 Å². The second-order valence-corrected chi connectivity index (χ2v) is 10.7. The molecule has 0 saturated heterocycles. The molecule has 8 nitrogen and oxygen atoms in total. The van der Waals surface area contributed by atoms with Crippen LogP contribution in [0.5, 0.6) is 0 Å². The molecule has 1 amide bonds. The first kappa shape index (κ1) is 21.9. The number of carbonyl (C=O) groups is 1. The lowest BCUT2D eigenvalue weighted by Gasteiger charge is -2.20. The average molecular weight is 492 g/mol. The van der Waals surface area contributed by atoms with Gasteiger partial charge in [-0.1, -0.05) is 42.1 Å². The van der Waals surface area contributed by atoms with E-state index in [9.17, 15) is 23.3 Å². The van der Waals surface area contributed by atoms with Crippen molar-refractivity contribution in [2.24, 2.45) is 0 Å². The van der Waals surface area contributed by atoms with Crippen LogP contribution in [0.1, 0.15) is 10.4 Å². The van der Waals surface area contributed by atoms with Crippen LogP contribution in [0.2, 0.25) is 0 Å². The summed E-state index contributed by atoms with van der Waals surface area (Å²) in [5.74, 6) is -0.309. The van der Waals surface area contributed by atoms with E-state index in [1.54, 1.807) is 24.3 Å². The largest absolute Gasteiger partial charge is 0.321 e. The molecule has 5 rings (SSSR count). The van der Waals surface area contributed by atoms with Gasteiger partial charge in [-0.25, -0.2) is 8.42 Å². The normalized spacial score (nSPS) is 12.6. The smallest absolute Gasteiger partial charge is 0.284 e. The molecule has 0 aromatic heterocycles. The number of anilines is 2. The Hall–Kier alpha value is -3.89. The number of benzene rings is 4. The maximum atomic E-state index is 13.4. The van der Waals surface area contributed by atoms with E-state index in [0.29, 0.717) is 21.5 Å². The third kappa shape index (κ3) is 3.66. The van der Waals surface area contributed by atoms with Gasteiger partial charge in [-0.2, -0.15) is 0 Å². The summed E-state index contributed by atoms with van der Waals surface area (Å²) >= 11 is 1.18. The minimum absolute atomic E-state index is 0.214. The lowest BCUT2D eigenvalue weighted by Crippen LogP contribution is -2.26. The molecule has 4 aromatic carbocycles. The van der Waals surface area contributed by atoms with Gasteiger partial charge in [-0.05, 0) is 47.9 Å². The van der Waals surface area contributed by atoms with Crippen molar-refractivity contribution in [1.29, 1.82) is 0 Å². The SMILES string of the molecule is CN(c1cc2c3c(cccc3c1)NC2=O)S(=O)(=O)c1ccc(Sc2ccccc2)c([N+](=O)[O-])c1. The lowest BCUT2D eigenvalue weighted by atomic mass is 10.0. The zero-order valence-electron chi connectivity index (χ0n) is 17.8. The predicted molar refractivity (Wildman–Crippen MR) is 131 cm³/mol. The Balaban J connectivity index is 1.55. The summed E-state index contributed by atoms with van der Waals surface area (Å²) in [6, 6.07) is 21.5. The van der Waals surface area contributed by atoms with Crippen LogP contribution in [-0.2, 0) is 10.0 Å². The molecule has 10 heteroatoms. The second kappa shape index (κ2) is 8.15. The quantitative estimate of drug-likeness (QED) is 0.290. The summed E-state index contributed by atoms with van der Waals surface area (Å²) < 4.78 is 27.8. The van der Waals surface area contributed by atoms with E-state index in [2.05, 4.69) is 5.32 Å². The van der Waals surface area contributed by atoms with Gasteiger partial charge in [0.05, 0.1) is 26.0 Å². The molecule has 170 valence electrons. The Kier molecular flexibility index (Phi) is 5.26. The van der Waals surface area contributed by atoms with Crippen molar-refractivity contribution in [1.82, 2.24) is 0 Å². The number of carbonyl (C=O) groups excluding carboxylic acids is 1. The van der Waals surface area contributed by atoms with Gasteiger partial charge in [0, 0.05) is 29.1 Å². The van der Waals surface area contributed by atoms with Crippen molar-refractivity contribution in [2.45, 2.75) is 14.7 Å². The molecule has 0 spiro atoms. The Bertz CT molecular complexity index is 1590. The van der Waals surface area contributed by atoms with Crippen LogP contribution in [0.25, 0.3) is 10.8 Å². The molecule has 1 aliphatic rings. The monoisotopic (exact) mass is 491 g/mol. The Morgan fingerprint density at radius 2 is 1.74 bits per heavy atom. The van der Waals surface area contributed by atoms with Gasteiger partial charge in [0.25, 0.3) is 21.6 Å². The number of nitro groups is 1. The molecule has 0 unspecified atom stereocenters. The molecule has 4 aromatic rings. The molecule has 1 heterocycles. The molecular formula is C24H17N3O5S2. The van der Waals surface area contributed by atoms with Crippen molar-refractivity contribution in [2.75, 3.05) is 16.7 Å². The van der Waals surface area contributed by atoms with Gasteiger partial charge in [0.15, 0.2) is 0 Å². The fourth-order valence-electron chi connectivity index (χ4n) is 3.87. The summed E-state index contributed by atoms with van der Waals surface area (Å²) in [6.07, 6.45) is 0. The van der Waals surface area contributed by atoms with E-state index >= 15 is 0 Å². The zero-order chi connectivity index (χ0) is 24.0. The Morgan fingerprint density at radius 3 is 2.47 bits per heavy atom. The number of nitro benzene ring substituents is 1. The predicted octanol–water partition coefficient (Wildman–Crippen LogP) is 5.29. The summed E-state index contributed by atoms with van der Waals surface area (Å²) in [4.78, 5) is 24.5. The Morgan fingerprint density at radius 1 is 0.971 bits per heavy atom. The second-order valence-electron chi connectivity index (χ2n) is 7.63. The van der Waals surface area contributed by atoms with Crippen molar-refractivity contribution in [3.05, 3.63) is 94.5 Å². The third-order valence-corrected chi connectivity index (χ3v) is 8.43. The van der Waals surface area contributed by atoms with Crippen LogP contribution in [-0.4, -0.2) is 26.3 Å². The molecule has 0 saturated carbocycles. The summed E-state index contributed by atoms with van der Waals surface area (Å²) in [7, 11) is -2.78. The Labute approximate surface area is 199 Å². The van der Waals surface area contributed by atoms with Gasteiger partial charge in [0.1, 0.15) is 0 Å². The molecule has 0 aliphatic carbocycles. The maximum Gasteiger partial charge on any atom is 0.284 e. The first-order chi connectivity index (χ1) is 16.3. The first-order valence-corrected chi connectivity index (χ1v) is 12.4. The van der Waals surface area contributed by atoms with E-state index < -0.39 is 14.9 Å². The van der Waals surface area contributed by atoms with Crippen LogP contribution in [0.15, 0.2) is 93.5 Å². The highest BCUT2D eigenvalue weighted by molar-refractivity contribution is 7.99. The summed E-state index contributed by atoms with van der Waals surface area (Å²) in [5, 5.41) is 16.0. The van der Waals surface area contributed by atoms with Crippen LogP contribution >= 0.6 is 11.8 Å². The van der Waals surface area contributed by atoms with Crippen LogP contribution in [0.3, 0.4) is 0 Å². The van der Waals surface area contributed by atoms with Crippen molar-refractivity contribution >= 4 is 55.5 Å². The maximum absolute atomic E-state index is 13.4. The highest BCUT2D eigenvalue weighted by Crippen LogP contribution is 2.39. The molecule has 0 fully saturated rings. The summed E-state index contributed by atoms with van der Waals surface area (Å²) in [6.45, 7) is 0. The minimum Gasteiger partial charge on any atom is -0.321 e. The van der Waals surface area contributed by atoms with Gasteiger partial charge in [-0.3, -0.25) is 19.2 Å². The lowest BCUT2D eigenvalue weighted by molar-refractivity contribution is -0.388. The number of hydrogen-bond donors (Lipinski definition) is 1. The molecule has 0 radical (unpaired) electrons. The van der Waals surface area contributed by atoms with Gasteiger partial charge >= 0.3 is 0 Å². The number of rotatable bonds is 6. The van der Waals surface area contributed by atoms with Crippen molar-refractivity contribution < 1.29 is 18.1 Å². The van der Waals surface area contributed by atoms with Crippen molar-refractivity contribution in [3.63, 3.8) is 0 Å². The average Bonchev–Trinajstić information content (AvgIpc) is 3.15. The molecular weight excluding hydrogens is 474 g/mol. The van der Waals surface area contributed by atoms with Gasteiger partial charge in [0.2, 0.25) is 0 Å². The molecule has 0 atom stereocenters. The summed E-state index contributed by atoms with van der Waals surface area (Å²) in [5.41, 5.74) is 1.04. The fourth-order valence-corrected chi connectivity index (χ4v) is 5.99. The number of hydrogen-bond acceptors (Lipinski definition) is 6. The number of amides is 1. The van der Waals surface area contributed by atoms with E-state index in [-0.39, 0.29) is 22.2 Å². The highest BCUT2D eigenvalue weighted by Gasteiger charge is 2.28. The van der Waals surface area contributed by atoms with E-state index in [0.717, 1.165) is 20.7 Å². The van der Waals surface area contributed by atoms with E-state index in [1.165, 1.54) is 37.0 Å². The number of nitrogens with one attached hydrogen (secondary N) is 1. The van der Waals surface area contributed by atoms with E-state index in [4.69, 9.17) is 0 Å².